The summed E-state index contributed by atoms with van der Waals surface area (Å²) in [7, 11) is -4.69. The number of hydrogen-bond acceptors (Lipinski definition) is 8. The summed E-state index contributed by atoms with van der Waals surface area (Å²) in [6.07, 6.45) is 6.85. The van der Waals surface area contributed by atoms with Crippen LogP contribution in [0.4, 0.5) is 0 Å². The second-order valence-electron chi connectivity index (χ2n) is 7.48. The summed E-state index contributed by atoms with van der Waals surface area (Å²) in [5, 5.41) is 21.0. The number of hydrogen-bond donors (Lipinski definition) is 4. The van der Waals surface area contributed by atoms with Crippen LogP contribution in [0, 0.1) is 0 Å². The lowest BCUT2D eigenvalue weighted by Gasteiger charge is -2.18. The number of amides is 1. The fourth-order valence-corrected chi connectivity index (χ4v) is 3.36. The van der Waals surface area contributed by atoms with Gasteiger partial charge in [0.15, 0.2) is 6.04 Å². The third kappa shape index (κ3) is 17.1. The molecule has 188 valence electrons. The number of carboxylic acids is 1. The van der Waals surface area contributed by atoms with E-state index in [4.69, 9.17) is 9.84 Å². The molecule has 4 N–H and O–H groups in total. The van der Waals surface area contributed by atoms with Crippen molar-refractivity contribution in [3.05, 3.63) is 0 Å². The Hall–Kier alpha value is -1.52. The number of esters is 1. The molecule has 0 aromatic heterocycles. The smallest absolute Gasteiger partial charge is 0.472 e. The van der Waals surface area contributed by atoms with Crippen molar-refractivity contribution in [2.45, 2.75) is 90.2 Å². The van der Waals surface area contributed by atoms with E-state index in [1.54, 1.807) is 6.92 Å². The molecule has 12 heteroatoms. The van der Waals surface area contributed by atoms with E-state index in [-0.39, 0.29) is 12.8 Å². The number of carbonyl (C=O) groups excluding carboxylic acids is 2. The van der Waals surface area contributed by atoms with Crippen LogP contribution in [0.1, 0.15) is 78.1 Å². The lowest BCUT2D eigenvalue weighted by molar-refractivity contribution is -0.147. The summed E-state index contributed by atoms with van der Waals surface area (Å²) < 4.78 is 25.9. The third-order valence-corrected chi connectivity index (χ3v) is 5.32. The monoisotopic (exact) mass is 483 g/mol. The molecule has 0 heterocycles. The van der Waals surface area contributed by atoms with Gasteiger partial charge in [-0.25, -0.2) is 9.36 Å². The number of ether oxygens (including phenoxy) is 1. The second kappa shape index (κ2) is 18.0. The lowest BCUT2D eigenvalue weighted by Crippen LogP contribution is -2.43. The summed E-state index contributed by atoms with van der Waals surface area (Å²) >= 11 is 0. The molecule has 11 nitrogen and oxygen atoms in total. The predicted molar refractivity (Wildman–Crippen MR) is 116 cm³/mol. The van der Waals surface area contributed by atoms with Gasteiger partial charge in [-0.3, -0.25) is 18.6 Å². The number of aliphatic hydroxyl groups is 1. The summed E-state index contributed by atoms with van der Waals surface area (Å²) in [5.41, 5.74) is 0. The summed E-state index contributed by atoms with van der Waals surface area (Å²) in [6, 6.07) is -1.53. The van der Waals surface area contributed by atoms with Crippen molar-refractivity contribution in [3.63, 3.8) is 0 Å². The van der Waals surface area contributed by atoms with Gasteiger partial charge < -0.3 is 25.2 Å². The van der Waals surface area contributed by atoms with Gasteiger partial charge in [0.2, 0.25) is 5.91 Å². The van der Waals surface area contributed by atoms with Crippen molar-refractivity contribution in [1.29, 1.82) is 0 Å². The predicted octanol–water partition coefficient (Wildman–Crippen LogP) is 2.53. The number of carbonyl (C=O) groups is 3. The molecule has 0 spiro atoms. The van der Waals surface area contributed by atoms with Gasteiger partial charge >= 0.3 is 19.8 Å². The zero-order valence-corrected chi connectivity index (χ0v) is 19.9. The van der Waals surface area contributed by atoms with E-state index in [1.165, 1.54) is 19.3 Å². The molecular weight excluding hydrogens is 445 g/mol. The fourth-order valence-electron chi connectivity index (χ4n) is 2.59. The van der Waals surface area contributed by atoms with Crippen molar-refractivity contribution in [2.75, 3.05) is 19.8 Å². The molecule has 0 rings (SSSR count). The molecule has 0 aliphatic carbocycles. The highest BCUT2D eigenvalue weighted by Crippen LogP contribution is 2.43. The molecule has 3 unspecified atom stereocenters. The number of rotatable bonds is 20. The topological polar surface area (TPSA) is 169 Å². The molecule has 0 aromatic carbocycles. The highest BCUT2D eigenvalue weighted by Gasteiger charge is 2.28. The normalized spacial score (nSPS) is 14.9. The first kappa shape index (κ1) is 30.5. The second-order valence-corrected chi connectivity index (χ2v) is 8.93. The zero-order valence-electron chi connectivity index (χ0n) is 19.0. The van der Waals surface area contributed by atoms with Gasteiger partial charge in [0.1, 0.15) is 12.7 Å². The van der Waals surface area contributed by atoms with Crippen molar-refractivity contribution in [2.24, 2.45) is 0 Å². The molecular formula is C20H38NO10P. The minimum Gasteiger partial charge on any atom is -0.480 e. The molecule has 3 atom stereocenters. The minimum atomic E-state index is -4.69. The number of carboxylic acid groups (broad SMARTS) is 1. The van der Waals surface area contributed by atoms with Gasteiger partial charge in [0.05, 0.1) is 13.2 Å². The van der Waals surface area contributed by atoms with Crippen molar-refractivity contribution >= 4 is 25.7 Å². The Bertz CT molecular complexity index is 601. The number of unbranched alkanes of at least 4 members (excludes halogenated alkanes) is 6. The Morgan fingerprint density at radius 2 is 1.47 bits per heavy atom. The highest BCUT2D eigenvalue weighted by molar-refractivity contribution is 7.47. The highest BCUT2D eigenvalue weighted by atomic mass is 31.2. The summed E-state index contributed by atoms with van der Waals surface area (Å²) in [5.74, 6) is -2.46. The van der Waals surface area contributed by atoms with Crippen LogP contribution >= 0.6 is 7.82 Å². The molecule has 0 bridgehead atoms. The number of phosphoric ester groups is 1. The van der Waals surface area contributed by atoms with Crippen LogP contribution in [0.25, 0.3) is 0 Å². The summed E-state index contributed by atoms with van der Waals surface area (Å²) in [6.45, 7) is 1.99. The Morgan fingerprint density at radius 3 is 2.06 bits per heavy atom. The first-order valence-corrected chi connectivity index (χ1v) is 12.6. The number of phosphoric acid groups is 1. The van der Waals surface area contributed by atoms with Gasteiger partial charge in [-0.05, 0) is 12.8 Å². The van der Waals surface area contributed by atoms with E-state index in [1.807, 2.05) is 0 Å². The van der Waals surface area contributed by atoms with Crippen LogP contribution in [0.5, 0.6) is 0 Å². The molecule has 0 aliphatic rings. The maximum absolute atomic E-state index is 11.9. The summed E-state index contributed by atoms with van der Waals surface area (Å²) in [4.78, 5) is 43.9. The molecule has 0 aromatic rings. The maximum Gasteiger partial charge on any atom is 0.472 e. The van der Waals surface area contributed by atoms with E-state index in [0.717, 1.165) is 19.3 Å². The van der Waals surface area contributed by atoms with Crippen molar-refractivity contribution in [3.8, 4) is 0 Å². The zero-order chi connectivity index (χ0) is 24.4. The molecule has 32 heavy (non-hydrogen) atoms. The van der Waals surface area contributed by atoms with Gasteiger partial charge in [0.25, 0.3) is 0 Å². The van der Waals surface area contributed by atoms with Gasteiger partial charge in [0, 0.05) is 12.8 Å². The Labute approximate surface area is 189 Å². The minimum absolute atomic E-state index is 0.0982. The first-order chi connectivity index (χ1) is 15.1. The Morgan fingerprint density at radius 1 is 0.875 bits per heavy atom. The average Bonchev–Trinajstić information content (AvgIpc) is 2.73. The molecule has 0 saturated carbocycles. The van der Waals surface area contributed by atoms with Crippen LogP contribution in [0.2, 0.25) is 0 Å². The first-order valence-electron chi connectivity index (χ1n) is 11.1. The van der Waals surface area contributed by atoms with Crippen molar-refractivity contribution < 1.29 is 47.8 Å². The number of aliphatic carboxylic acids is 1. The maximum atomic E-state index is 11.9. The van der Waals surface area contributed by atoms with Crippen LogP contribution in [0.15, 0.2) is 0 Å². The van der Waals surface area contributed by atoms with Gasteiger partial charge in [-0.15, -0.1) is 0 Å². The average molecular weight is 483 g/mol. The third-order valence-electron chi connectivity index (χ3n) is 4.37. The van der Waals surface area contributed by atoms with Crippen LogP contribution in [-0.2, 0) is 32.7 Å². The standard InChI is InChI=1S/C20H38NO10P/c1-3-5-6-7-8-9-10-12-19(24)29-13-16(22)14-30-32(27,28)31-15-17(20(25)26)21-18(23)11-4-2/h16-17,22H,3-15H2,1-2H3,(H,21,23)(H,25,26)(H,27,28). The van der Waals surface area contributed by atoms with Gasteiger partial charge in [-0.2, -0.15) is 0 Å². The molecule has 1 amide bonds. The quantitative estimate of drug-likeness (QED) is 0.115. The van der Waals surface area contributed by atoms with E-state index < -0.39 is 57.6 Å². The number of nitrogens with one attached hydrogen (secondary N) is 1. The largest absolute Gasteiger partial charge is 0.480 e. The SMILES string of the molecule is CCCCCCCCCC(=O)OCC(O)COP(=O)(O)OCC(NC(=O)CCC)C(=O)O. The van der Waals surface area contributed by atoms with E-state index in [9.17, 15) is 28.9 Å². The van der Waals surface area contributed by atoms with Crippen molar-refractivity contribution in [1.82, 2.24) is 5.32 Å². The van der Waals surface area contributed by atoms with E-state index in [2.05, 4.69) is 21.3 Å². The van der Waals surface area contributed by atoms with Gasteiger partial charge in [-0.1, -0.05) is 52.4 Å². The van der Waals surface area contributed by atoms with E-state index in [0.29, 0.717) is 12.8 Å². The van der Waals surface area contributed by atoms with Crippen LogP contribution in [-0.4, -0.2) is 64.9 Å². The molecule has 0 fully saturated rings. The Kier molecular flexibility index (Phi) is 17.1. The Balaban J connectivity index is 4.09. The molecule has 0 radical (unpaired) electrons. The fraction of sp³-hybridized carbons (Fsp3) is 0.850. The van der Waals surface area contributed by atoms with E-state index >= 15 is 0 Å². The molecule has 0 saturated heterocycles. The van der Waals surface area contributed by atoms with Crippen LogP contribution < -0.4 is 5.32 Å². The number of aliphatic hydroxyl groups excluding tert-OH is 1. The van der Waals surface area contributed by atoms with Crippen LogP contribution in [0.3, 0.4) is 0 Å². The lowest BCUT2D eigenvalue weighted by atomic mass is 10.1. The molecule has 0 aliphatic heterocycles.